The molecule has 2 aromatic heterocycles. The Labute approximate surface area is 140 Å². The Hall–Kier alpha value is -1.24. The first-order valence-corrected chi connectivity index (χ1v) is 9.19. The number of carbonyl (C=O) groups is 1. The standard InChI is InChI=1S/C16H23N3OS2/c1-5-12-6-7-14(22-12)13-10-21-16(18-13)9-19(4)8-15(20)17-11(2)3/h6-7,10-11H,5,8-9H2,1-4H3,(H,17,20). The number of hydrogen-bond donors (Lipinski definition) is 1. The van der Waals surface area contributed by atoms with Crippen LogP contribution < -0.4 is 5.32 Å². The van der Waals surface area contributed by atoms with Crippen LogP contribution in [0.2, 0.25) is 0 Å². The van der Waals surface area contributed by atoms with E-state index in [1.165, 1.54) is 9.75 Å². The molecular weight excluding hydrogens is 314 g/mol. The number of amides is 1. The number of likely N-dealkylation sites (N-methyl/N-ethyl adjacent to an activating group) is 1. The molecule has 0 aliphatic carbocycles. The molecule has 2 aromatic rings. The number of aryl methyl sites for hydroxylation is 1. The predicted molar refractivity (Wildman–Crippen MR) is 94.4 cm³/mol. The van der Waals surface area contributed by atoms with E-state index >= 15 is 0 Å². The third kappa shape index (κ3) is 4.90. The molecule has 0 saturated heterocycles. The lowest BCUT2D eigenvalue weighted by atomic mass is 10.3. The van der Waals surface area contributed by atoms with E-state index in [1.807, 2.05) is 25.8 Å². The number of nitrogens with zero attached hydrogens (tertiary/aromatic N) is 2. The molecule has 0 bridgehead atoms. The Kier molecular flexibility index (Phi) is 6.11. The van der Waals surface area contributed by atoms with Gasteiger partial charge in [-0.1, -0.05) is 6.92 Å². The van der Waals surface area contributed by atoms with Crippen LogP contribution in [0.4, 0.5) is 0 Å². The smallest absolute Gasteiger partial charge is 0.234 e. The van der Waals surface area contributed by atoms with Crippen molar-refractivity contribution in [3.8, 4) is 10.6 Å². The van der Waals surface area contributed by atoms with Crippen LogP contribution >= 0.6 is 22.7 Å². The molecule has 120 valence electrons. The molecule has 0 aromatic carbocycles. The fraction of sp³-hybridized carbons (Fsp3) is 0.500. The second-order valence-corrected chi connectivity index (χ2v) is 7.75. The normalized spacial score (nSPS) is 11.4. The van der Waals surface area contributed by atoms with Crippen LogP contribution in [0.1, 0.15) is 30.7 Å². The monoisotopic (exact) mass is 337 g/mol. The van der Waals surface area contributed by atoms with Crippen LogP contribution in [0.5, 0.6) is 0 Å². The van der Waals surface area contributed by atoms with Gasteiger partial charge in [0.15, 0.2) is 0 Å². The van der Waals surface area contributed by atoms with Gasteiger partial charge >= 0.3 is 0 Å². The van der Waals surface area contributed by atoms with E-state index in [4.69, 9.17) is 4.98 Å². The number of nitrogens with one attached hydrogen (secondary N) is 1. The molecule has 0 spiro atoms. The summed E-state index contributed by atoms with van der Waals surface area (Å²) in [5, 5.41) is 6.05. The molecule has 2 heterocycles. The summed E-state index contributed by atoms with van der Waals surface area (Å²) in [6.45, 7) is 7.20. The maximum absolute atomic E-state index is 11.7. The van der Waals surface area contributed by atoms with Gasteiger partial charge in [0, 0.05) is 16.3 Å². The molecule has 2 rings (SSSR count). The molecule has 1 amide bonds. The van der Waals surface area contributed by atoms with E-state index in [0.717, 1.165) is 17.1 Å². The number of hydrogen-bond acceptors (Lipinski definition) is 5. The molecule has 0 radical (unpaired) electrons. The quantitative estimate of drug-likeness (QED) is 0.842. The van der Waals surface area contributed by atoms with Crippen LogP contribution in [0.25, 0.3) is 10.6 Å². The van der Waals surface area contributed by atoms with Crippen molar-refractivity contribution in [2.75, 3.05) is 13.6 Å². The first kappa shape index (κ1) is 17.1. The van der Waals surface area contributed by atoms with Crippen molar-refractivity contribution in [3.63, 3.8) is 0 Å². The number of thiazole rings is 1. The second kappa shape index (κ2) is 7.85. The molecular formula is C16H23N3OS2. The fourth-order valence-corrected chi connectivity index (χ4v) is 3.96. The Morgan fingerprint density at radius 2 is 2.18 bits per heavy atom. The van der Waals surface area contributed by atoms with Gasteiger partial charge in [-0.2, -0.15) is 0 Å². The highest BCUT2D eigenvalue weighted by Gasteiger charge is 2.11. The lowest BCUT2D eigenvalue weighted by Gasteiger charge is -2.16. The Balaban J connectivity index is 1.92. The fourth-order valence-electron chi connectivity index (χ4n) is 2.10. The van der Waals surface area contributed by atoms with Gasteiger partial charge in [-0.15, -0.1) is 22.7 Å². The van der Waals surface area contributed by atoms with Crippen molar-refractivity contribution in [1.82, 2.24) is 15.2 Å². The van der Waals surface area contributed by atoms with Crippen molar-refractivity contribution >= 4 is 28.6 Å². The first-order valence-electron chi connectivity index (χ1n) is 7.49. The lowest BCUT2D eigenvalue weighted by Crippen LogP contribution is -2.38. The largest absolute Gasteiger partial charge is 0.353 e. The lowest BCUT2D eigenvalue weighted by molar-refractivity contribution is -0.122. The van der Waals surface area contributed by atoms with Gasteiger partial charge in [0.1, 0.15) is 5.01 Å². The van der Waals surface area contributed by atoms with E-state index < -0.39 is 0 Å². The van der Waals surface area contributed by atoms with Crippen molar-refractivity contribution in [2.45, 2.75) is 39.8 Å². The zero-order chi connectivity index (χ0) is 16.1. The zero-order valence-electron chi connectivity index (χ0n) is 13.5. The van der Waals surface area contributed by atoms with E-state index in [2.05, 4.69) is 29.8 Å². The van der Waals surface area contributed by atoms with Crippen LogP contribution in [0, 0.1) is 0 Å². The van der Waals surface area contributed by atoms with Crippen LogP contribution in [0.15, 0.2) is 17.5 Å². The molecule has 0 unspecified atom stereocenters. The summed E-state index contributed by atoms with van der Waals surface area (Å²) in [5.41, 5.74) is 1.05. The summed E-state index contributed by atoms with van der Waals surface area (Å²) in [6.07, 6.45) is 1.06. The minimum atomic E-state index is 0.0557. The maximum Gasteiger partial charge on any atom is 0.234 e. The Morgan fingerprint density at radius 3 is 2.82 bits per heavy atom. The van der Waals surface area contributed by atoms with Crippen LogP contribution in [0.3, 0.4) is 0 Å². The molecule has 0 fully saturated rings. The summed E-state index contributed by atoms with van der Waals surface area (Å²) in [5.74, 6) is 0.0557. The van der Waals surface area contributed by atoms with Gasteiger partial charge in [0.05, 0.1) is 23.7 Å². The average molecular weight is 338 g/mol. The third-order valence-electron chi connectivity index (χ3n) is 3.08. The number of aromatic nitrogens is 1. The zero-order valence-corrected chi connectivity index (χ0v) is 15.2. The molecule has 0 atom stereocenters. The minimum absolute atomic E-state index is 0.0557. The summed E-state index contributed by atoms with van der Waals surface area (Å²) in [6, 6.07) is 4.49. The van der Waals surface area contributed by atoms with Gasteiger partial charge in [-0.25, -0.2) is 4.98 Å². The molecule has 22 heavy (non-hydrogen) atoms. The Morgan fingerprint density at radius 1 is 1.41 bits per heavy atom. The van der Waals surface area contributed by atoms with Crippen molar-refractivity contribution in [1.29, 1.82) is 0 Å². The highest BCUT2D eigenvalue weighted by atomic mass is 32.1. The van der Waals surface area contributed by atoms with E-state index in [9.17, 15) is 4.79 Å². The second-order valence-electron chi connectivity index (χ2n) is 5.64. The average Bonchev–Trinajstić information content (AvgIpc) is 3.05. The SMILES string of the molecule is CCc1ccc(-c2csc(CN(C)CC(=O)NC(C)C)n2)s1. The molecule has 0 saturated carbocycles. The van der Waals surface area contributed by atoms with Gasteiger partial charge < -0.3 is 5.32 Å². The van der Waals surface area contributed by atoms with E-state index in [1.54, 1.807) is 22.7 Å². The van der Waals surface area contributed by atoms with Crippen LogP contribution in [-0.2, 0) is 17.8 Å². The summed E-state index contributed by atoms with van der Waals surface area (Å²) in [7, 11) is 1.95. The van der Waals surface area contributed by atoms with E-state index in [0.29, 0.717) is 13.1 Å². The van der Waals surface area contributed by atoms with Crippen LogP contribution in [-0.4, -0.2) is 35.4 Å². The highest BCUT2D eigenvalue weighted by Crippen LogP contribution is 2.29. The maximum atomic E-state index is 11.7. The number of thiophene rings is 1. The van der Waals surface area contributed by atoms with Crippen molar-refractivity contribution in [3.05, 3.63) is 27.4 Å². The third-order valence-corrected chi connectivity index (χ3v) is 5.17. The topological polar surface area (TPSA) is 45.2 Å². The molecule has 0 aliphatic rings. The molecule has 6 heteroatoms. The van der Waals surface area contributed by atoms with Gasteiger partial charge in [0.25, 0.3) is 0 Å². The summed E-state index contributed by atoms with van der Waals surface area (Å²) < 4.78 is 0. The van der Waals surface area contributed by atoms with Gasteiger partial charge in [-0.3, -0.25) is 9.69 Å². The van der Waals surface area contributed by atoms with Gasteiger partial charge in [-0.05, 0) is 39.4 Å². The molecule has 1 N–H and O–H groups in total. The van der Waals surface area contributed by atoms with Crippen molar-refractivity contribution < 1.29 is 4.79 Å². The number of carbonyl (C=O) groups excluding carboxylic acids is 1. The number of rotatable bonds is 7. The highest BCUT2D eigenvalue weighted by molar-refractivity contribution is 7.16. The predicted octanol–water partition coefficient (Wildman–Crippen LogP) is 3.39. The minimum Gasteiger partial charge on any atom is -0.353 e. The van der Waals surface area contributed by atoms with E-state index in [-0.39, 0.29) is 11.9 Å². The first-order chi connectivity index (χ1) is 10.5. The van der Waals surface area contributed by atoms with Gasteiger partial charge in [0.2, 0.25) is 5.91 Å². The summed E-state index contributed by atoms with van der Waals surface area (Å²) >= 11 is 3.45. The van der Waals surface area contributed by atoms with Crippen molar-refractivity contribution in [2.24, 2.45) is 0 Å². The molecule has 0 aliphatic heterocycles. The summed E-state index contributed by atoms with van der Waals surface area (Å²) in [4.78, 5) is 21.0. The Bertz CT molecular complexity index is 618. The molecule has 4 nitrogen and oxygen atoms in total.